The van der Waals surface area contributed by atoms with Crippen molar-refractivity contribution >= 4 is 22.5 Å². The van der Waals surface area contributed by atoms with Gasteiger partial charge in [0.25, 0.3) is 0 Å². The maximum absolute atomic E-state index is 6.06. The zero-order valence-corrected chi connectivity index (χ0v) is 9.18. The fourth-order valence-corrected chi connectivity index (χ4v) is 1.92. The fourth-order valence-electron chi connectivity index (χ4n) is 1.65. The number of nitrogens with zero attached hydrogens (tertiary/aromatic N) is 2. The number of hydrogen-bond donors (Lipinski definition) is 0. The van der Waals surface area contributed by atoms with Crippen LogP contribution in [-0.4, -0.2) is 9.97 Å². The van der Waals surface area contributed by atoms with Crippen molar-refractivity contribution in [2.45, 2.75) is 20.8 Å². The standard InChI is InChI=1S/C11H11ClN2/c1-6-4-7(2)10-9(5-6)11(12)14-8(3)13-10/h4-5H,1-3H3. The lowest BCUT2D eigenvalue weighted by atomic mass is 10.1. The van der Waals surface area contributed by atoms with Crippen LogP contribution in [0.4, 0.5) is 0 Å². The second-order valence-corrected chi connectivity index (χ2v) is 3.90. The van der Waals surface area contributed by atoms with Crippen LogP contribution in [0.25, 0.3) is 10.9 Å². The zero-order valence-electron chi connectivity index (χ0n) is 8.43. The van der Waals surface area contributed by atoms with E-state index in [4.69, 9.17) is 11.6 Å². The topological polar surface area (TPSA) is 25.8 Å². The number of aromatic nitrogens is 2. The third-order valence-electron chi connectivity index (χ3n) is 2.20. The van der Waals surface area contributed by atoms with Gasteiger partial charge in [-0.05, 0) is 32.4 Å². The van der Waals surface area contributed by atoms with Crippen LogP contribution in [0, 0.1) is 20.8 Å². The Morgan fingerprint density at radius 2 is 1.79 bits per heavy atom. The second-order valence-electron chi connectivity index (χ2n) is 3.54. The molecule has 0 atom stereocenters. The van der Waals surface area contributed by atoms with E-state index < -0.39 is 0 Å². The molecule has 2 nitrogen and oxygen atoms in total. The van der Waals surface area contributed by atoms with Gasteiger partial charge in [-0.1, -0.05) is 23.2 Å². The Balaban J connectivity index is 2.94. The van der Waals surface area contributed by atoms with Crippen molar-refractivity contribution in [3.05, 3.63) is 34.2 Å². The van der Waals surface area contributed by atoms with E-state index in [1.165, 1.54) is 5.56 Å². The molecule has 1 aromatic heterocycles. The molecule has 2 aromatic rings. The number of fused-ring (bicyclic) bond motifs is 1. The highest BCUT2D eigenvalue weighted by molar-refractivity contribution is 6.34. The van der Waals surface area contributed by atoms with Crippen LogP contribution < -0.4 is 0 Å². The first-order valence-electron chi connectivity index (χ1n) is 4.49. The summed E-state index contributed by atoms with van der Waals surface area (Å²) < 4.78 is 0. The average Bonchev–Trinajstić information content (AvgIpc) is 2.07. The maximum Gasteiger partial charge on any atom is 0.140 e. The molecule has 0 aliphatic rings. The summed E-state index contributed by atoms with van der Waals surface area (Å²) in [6.07, 6.45) is 0. The molecule has 0 saturated carbocycles. The average molecular weight is 207 g/mol. The normalized spacial score (nSPS) is 10.9. The van der Waals surface area contributed by atoms with Gasteiger partial charge < -0.3 is 0 Å². The molecular weight excluding hydrogens is 196 g/mol. The first-order chi connectivity index (χ1) is 6.58. The highest BCUT2D eigenvalue weighted by Crippen LogP contribution is 2.24. The third kappa shape index (κ3) is 1.46. The molecule has 0 N–H and O–H groups in total. The van der Waals surface area contributed by atoms with Crippen LogP contribution in [-0.2, 0) is 0 Å². The van der Waals surface area contributed by atoms with Gasteiger partial charge in [-0.2, -0.15) is 0 Å². The summed E-state index contributed by atoms with van der Waals surface area (Å²) in [6.45, 7) is 5.94. The lowest BCUT2D eigenvalue weighted by molar-refractivity contribution is 1.09. The summed E-state index contributed by atoms with van der Waals surface area (Å²) in [5, 5.41) is 1.48. The Bertz CT molecular complexity index is 459. The molecular formula is C11H11ClN2. The van der Waals surface area contributed by atoms with Crippen LogP contribution in [0.15, 0.2) is 12.1 Å². The largest absolute Gasteiger partial charge is 0.233 e. The van der Waals surface area contributed by atoms with Gasteiger partial charge in [-0.3, -0.25) is 0 Å². The molecule has 0 unspecified atom stereocenters. The summed E-state index contributed by atoms with van der Waals surface area (Å²) in [7, 11) is 0. The second kappa shape index (κ2) is 3.21. The molecule has 0 amide bonds. The summed E-state index contributed by atoms with van der Waals surface area (Å²) in [5.74, 6) is 0.717. The van der Waals surface area contributed by atoms with E-state index in [-0.39, 0.29) is 0 Å². The van der Waals surface area contributed by atoms with Gasteiger partial charge in [-0.25, -0.2) is 9.97 Å². The molecule has 0 aliphatic carbocycles. The van der Waals surface area contributed by atoms with E-state index in [2.05, 4.69) is 16.0 Å². The van der Waals surface area contributed by atoms with E-state index >= 15 is 0 Å². The summed E-state index contributed by atoms with van der Waals surface area (Å²) >= 11 is 6.06. The number of halogens is 1. The third-order valence-corrected chi connectivity index (χ3v) is 2.49. The molecule has 0 radical (unpaired) electrons. The van der Waals surface area contributed by atoms with Crippen molar-refractivity contribution in [1.29, 1.82) is 0 Å². The van der Waals surface area contributed by atoms with Crippen molar-refractivity contribution in [2.24, 2.45) is 0 Å². The van der Waals surface area contributed by atoms with Gasteiger partial charge in [-0.15, -0.1) is 0 Å². The molecule has 1 aromatic carbocycles. The lowest BCUT2D eigenvalue weighted by Crippen LogP contribution is -1.93. The Morgan fingerprint density at radius 1 is 1.07 bits per heavy atom. The SMILES string of the molecule is Cc1cc(C)c2nc(C)nc(Cl)c2c1. The molecule has 14 heavy (non-hydrogen) atoms. The van der Waals surface area contributed by atoms with E-state index in [0.717, 1.165) is 22.3 Å². The lowest BCUT2D eigenvalue weighted by Gasteiger charge is -2.05. The number of benzene rings is 1. The predicted molar refractivity (Wildman–Crippen MR) is 58.8 cm³/mol. The fraction of sp³-hybridized carbons (Fsp3) is 0.273. The Kier molecular flexibility index (Phi) is 2.16. The highest BCUT2D eigenvalue weighted by atomic mass is 35.5. The number of rotatable bonds is 0. The van der Waals surface area contributed by atoms with E-state index in [1.54, 1.807) is 0 Å². The van der Waals surface area contributed by atoms with Crippen molar-refractivity contribution in [3.8, 4) is 0 Å². The van der Waals surface area contributed by atoms with Crippen LogP contribution in [0.5, 0.6) is 0 Å². The molecule has 0 saturated heterocycles. The Morgan fingerprint density at radius 3 is 2.50 bits per heavy atom. The molecule has 72 valence electrons. The van der Waals surface area contributed by atoms with Gasteiger partial charge >= 0.3 is 0 Å². The van der Waals surface area contributed by atoms with Gasteiger partial charge in [0.2, 0.25) is 0 Å². The van der Waals surface area contributed by atoms with Gasteiger partial charge in [0.15, 0.2) is 0 Å². The maximum atomic E-state index is 6.06. The molecule has 2 rings (SSSR count). The quantitative estimate of drug-likeness (QED) is 0.619. The molecule has 1 heterocycles. The monoisotopic (exact) mass is 206 g/mol. The van der Waals surface area contributed by atoms with E-state index in [9.17, 15) is 0 Å². The van der Waals surface area contributed by atoms with Crippen LogP contribution in [0.3, 0.4) is 0 Å². The van der Waals surface area contributed by atoms with Gasteiger partial charge in [0, 0.05) is 5.39 Å². The zero-order chi connectivity index (χ0) is 10.3. The first-order valence-corrected chi connectivity index (χ1v) is 4.87. The van der Waals surface area contributed by atoms with E-state index in [1.807, 2.05) is 26.8 Å². The number of aryl methyl sites for hydroxylation is 3. The smallest absolute Gasteiger partial charge is 0.140 e. The molecule has 0 fully saturated rings. The molecule has 0 bridgehead atoms. The molecule has 0 aliphatic heterocycles. The van der Waals surface area contributed by atoms with Crippen LogP contribution in [0.2, 0.25) is 5.15 Å². The van der Waals surface area contributed by atoms with Gasteiger partial charge in [0.1, 0.15) is 11.0 Å². The Labute approximate surface area is 88.0 Å². The van der Waals surface area contributed by atoms with Crippen LogP contribution >= 0.6 is 11.6 Å². The summed E-state index contributed by atoms with van der Waals surface area (Å²) in [4.78, 5) is 8.52. The molecule has 3 heteroatoms. The summed E-state index contributed by atoms with van der Waals surface area (Å²) in [6, 6.07) is 4.12. The molecule has 0 spiro atoms. The van der Waals surface area contributed by atoms with Crippen molar-refractivity contribution < 1.29 is 0 Å². The number of hydrogen-bond acceptors (Lipinski definition) is 2. The first kappa shape index (κ1) is 9.41. The minimum absolute atomic E-state index is 0.541. The predicted octanol–water partition coefficient (Wildman–Crippen LogP) is 3.21. The minimum atomic E-state index is 0.541. The minimum Gasteiger partial charge on any atom is -0.233 e. The Hall–Kier alpha value is -1.15. The highest BCUT2D eigenvalue weighted by Gasteiger charge is 2.06. The van der Waals surface area contributed by atoms with Crippen LogP contribution in [0.1, 0.15) is 17.0 Å². The summed E-state index contributed by atoms with van der Waals surface area (Å²) in [5.41, 5.74) is 3.28. The van der Waals surface area contributed by atoms with Crippen molar-refractivity contribution in [2.75, 3.05) is 0 Å². The van der Waals surface area contributed by atoms with Crippen molar-refractivity contribution in [1.82, 2.24) is 9.97 Å². The van der Waals surface area contributed by atoms with Gasteiger partial charge in [0.05, 0.1) is 5.52 Å². The van der Waals surface area contributed by atoms with Crippen molar-refractivity contribution in [3.63, 3.8) is 0 Å². The van der Waals surface area contributed by atoms with E-state index in [0.29, 0.717) is 5.15 Å².